The molecule has 1 N–H and O–H groups in total. The van der Waals surface area contributed by atoms with Gasteiger partial charge in [0.05, 0.1) is 18.8 Å². The van der Waals surface area contributed by atoms with Gasteiger partial charge in [0.25, 0.3) is 11.8 Å². The van der Waals surface area contributed by atoms with E-state index in [1.54, 1.807) is 47.1 Å². The lowest BCUT2D eigenvalue weighted by atomic mass is 10.1. The van der Waals surface area contributed by atoms with E-state index in [1.807, 2.05) is 32.0 Å². The lowest BCUT2D eigenvalue weighted by Crippen LogP contribution is -2.30. The molecule has 4 rings (SSSR count). The van der Waals surface area contributed by atoms with E-state index in [0.717, 1.165) is 12.0 Å². The van der Waals surface area contributed by atoms with Crippen molar-refractivity contribution in [2.24, 2.45) is 7.05 Å². The number of nitrogens with zero attached hydrogens (tertiary/aromatic N) is 3. The van der Waals surface area contributed by atoms with Crippen LogP contribution in [0.2, 0.25) is 0 Å². The fourth-order valence-electron chi connectivity index (χ4n) is 3.77. The molecule has 0 atom stereocenters. The maximum Gasteiger partial charge on any atom is 0.259 e. The Morgan fingerprint density at radius 2 is 1.73 bits per heavy atom. The average Bonchev–Trinajstić information content (AvgIpc) is 3.07. The highest BCUT2D eigenvalue weighted by Crippen LogP contribution is 2.35. The fourth-order valence-corrected chi connectivity index (χ4v) is 3.77. The topological polar surface area (TPSA) is 85.7 Å². The molecular formula is C25H28N4O4. The van der Waals surface area contributed by atoms with Crippen LogP contribution in [0, 0.1) is 0 Å². The van der Waals surface area contributed by atoms with E-state index >= 15 is 0 Å². The van der Waals surface area contributed by atoms with E-state index in [0.29, 0.717) is 60.3 Å². The van der Waals surface area contributed by atoms with E-state index in [2.05, 4.69) is 10.4 Å². The first-order valence-electron chi connectivity index (χ1n) is 11.1. The number of aromatic nitrogens is 2. The van der Waals surface area contributed by atoms with Crippen LogP contribution in [0.3, 0.4) is 0 Å². The third-order valence-electron chi connectivity index (χ3n) is 5.53. The second kappa shape index (κ2) is 9.77. The lowest BCUT2D eigenvalue weighted by molar-refractivity contribution is 0.0773. The third-order valence-corrected chi connectivity index (χ3v) is 5.53. The largest absolute Gasteiger partial charge is 0.490 e. The van der Waals surface area contributed by atoms with Crippen LogP contribution in [0.5, 0.6) is 11.5 Å². The van der Waals surface area contributed by atoms with Crippen LogP contribution in [0.25, 0.3) is 11.3 Å². The molecule has 0 saturated carbocycles. The van der Waals surface area contributed by atoms with Crippen LogP contribution in [0.4, 0.5) is 5.69 Å². The predicted octanol–water partition coefficient (Wildman–Crippen LogP) is 3.98. The zero-order valence-electron chi connectivity index (χ0n) is 19.1. The zero-order valence-corrected chi connectivity index (χ0v) is 19.1. The fraction of sp³-hybridized carbons (Fsp3) is 0.320. The standard InChI is InChI=1S/C25H28N4O4/c1-4-29(5-2)25(31)17-7-10-19(11-8-17)26-24(30)20-16-28(3)27-23(20)18-9-12-21-22(15-18)33-14-6-13-32-21/h7-12,15-16H,4-6,13-14H2,1-3H3,(H,26,30). The van der Waals surface area contributed by atoms with Gasteiger partial charge in [-0.05, 0) is 56.3 Å². The summed E-state index contributed by atoms with van der Waals surface area (Å²) in [6, 6.07) is 12.5. The predicted molar refractivity (Wildman–Crippen MR) is 126 cm³/mol. The van der Waals surface area contributed by atoms with Crippen molar-refractivity contribution < 1.29 is 19.1 Å². The minimum Gasteiger partial charge on any atom is -0.490 e. The first-order chi connectivity index (χ1) is 16.0. The van der Waals surface area contributed by atoms with Gasteiger partial charge in [0.2, 0.25) is 0 Å². The molecule has 0 aliphatic carbocycles. The number of anilines is 1. The van der Waals surface area contributed by atoms with Gasteiger partial charge >= 0.3 is 0 Å². The van der Waals surface area contributed by atoms with Gasteiger partial charge in [0.1, 0.15) is 5.69 Å². The number of carbonyl (C=O) groups excluding carboxylic acids is 2. The molecular weight excluding hydrogens is 420 g/mol. The normalized spacial score (nSPS) is 12.7. The molecule has 2 aromatic carbocycles. The second-order valence-corrected chi connectivity index (χ2v) is 7.79. The number of hydrogen-bond acceptors (Lipinski definition) is 5. The summed E-state index contributed by atoms with van der Waals surface area (Å²) in [5.74, 6) is 1.03. The highest BCUT2D eigenvalue weighted by atomic mass is 16.5. The molecule has 2 amide bonds. The minimum absolute atomic E-state index is 0.0261. The number of rotatable bonds is 6. The Kier molecular flexibility index (Phi) is 6.63. The number of fused-ring (bicyclic) bond motifs is 1. The number of ether oxygens (including phenoxy) is 2. The van der Waals surface area contributed by atoms with E-state index in [1.165, 1.54) is 0 Å². The van der Waals surface area contributed by atoms with Crippen LogP contribution in [0.15, 0.2) is 48.7 Å². The minimum atomic E-state index is -0.284. The summed E-state index contributed by atoms with van der Waals surface area (Å²) in [7, 11) is 1.77. The summed E-state index contributed by atoms with van der Waals surface area (Å²) in [4.78, 5) is 27.3. The maximum atomic E-state index is 13.1. The van der Waals surface area contributed by atoms with E-state index < -0.39 is 0 Å². The summed E-state index contributed by atoms with van der Waals surface area (Å²) in [6.07, 6.45) is 2.51. The lowest BCUT2D eigenvalue weighted by Gasteiger charge is -2.18. The van der Waals surface area contributed by atoms with E-state index in [9.17, 15) is 9.59 Å². The molecule has 1 aromatic heterocycles. The first-order valence-corrected chi connectivity index (χ1v) is 11.1. The van der Waals surface area contributed by atoms with Crippen LogP contribution >= 0.6 is 0 Å². The van der Waals surface area contributed by atoms with Crippen molar-refractivity contribution >= 4 is 17.5 Å². The van der Waals surface area contributed by atoms with Crippen molar-refractivity contribution in [3.63, 3.8) is 0 Å². The van der Waals surface area contributed by atoms with Gasteiger partial charge in [-0.2, -0.15) is 5.10 Å². The molecule has 33 heavy (non-hydrogen) atoms. The number of carbonyl (C=O) groups is 2. The van der Waals surface area contributed by atoms with Crippen molar-refractivity contribution in [2.45, 2.75) is 20.3 Å². The van der Waals surface area contributed by atoms with Gasteiger partial charge in [-0.1, -0.05) is 0 Å². The Bertz CT molecular complexity index is 1150. The molecule has 0 bridgehead atoms. The molecule has 8 heteroatoms. The van der Waals surface area contributed by atoms with Gasteiger partial charge in [-0.15, -0.1) is 0 Å². The summed E-state index contributed by atoms with van der Waals surface area (Å²) >= 11 is 0. The molecule has 1 aliphatic heterocycles. The Labute approximate surface area is 193 Å². The summed E-state index contributed by atoms with van der Waals surface area (Å²) < 4.78 is 13.1. The molecule has 1 aliphatic rings. The van der Waals surface area contributed by atoms with Crippen molar-refractivity contribution in [3.05, 3.63) is 59.8 Å². The van der Waals surface area contributed by atoms with E-state index in [4.69, 9.17) is 9.47 Å². The smallest absolute Gasteiger partial charge is 0.259 e. The zero-order chi connectivity index (χ0) is 23.4. The van der Waals surface area contributed by atoms with Gasteiger partial charge in [-0.25, -0.2) is 0 Å². The average molecular weight is 449 g/mol. The van der Waals surface area contributed by atoms with Gasteiger partial charge < -0.3 is 19.7 Å². The Hall–Kier alpha value is -3.81. The first kappa shape index (κ1) is 22.4. The maximum absolute atomic E-state index is 13.1. The highest BCUT2D eigenvalue weighted by Gasteiger charge is 2.20. The molecule has 0 unspecified atom stereocenters. The van der Waals surface area contributed by atoms with Crippen molar-refractivity contribution in [1.82, 2.24) is 14.7 Å². The third kappa shape index (κ3) is 4.84. The van der Waals surface area contributed by atoms with Gasteiger partial charge in [0, 0.05) is 49.6 Å². The number of hydrogen-bond donors (Lipinski definition) is 1. The monoisotopic (exact) mass is 448 g/mol. The van der Waals surface area contributed by atoms with Crippen LogP contribution < -0.4 is 14.8 Å². The van der Waals surface area contributed by atoms with Crippen LogP contribution in [-0.2, 0) is 7.05 Å². The molecule has 0 fully saturated rings. The van der Waals surface area contributed by atoms with Gasteiger partial charge in [0.15, 0.2) is 11.5 Å². The van der Waals surface area contributed by atoms with Crippen LogP contribution in [0.1, 0.15) is 41.0 Å². The Balaban J connectivity index is 1.54. The molecule has 0 radical (unpaired) electrons. The quantitative estimate of drug-likeness (QED) is 0.616. The van der Waals surface area contributed by atoms with E-state index in [-0.39, 0.29) is 11.8 Å². The van der Waals surface area contributed by atoms with Gasteiger partial charge in [-0.3, -0.25) is 14.3 Å². The molecule has 2 heterocycles. The van der Waals surface area contributed by atoms with Crippen molar-refractivity contribution in [1.29, 1.82) is 0 Å². The number of nitrogens with one attached hydrogen (secondary N) is 1. The summed E-state index contributed by atoms with van der Waals surface area (Å²) in [5, 5.41) is 7.40. The number of benzene rings is 2. The molecule has 0 spiro atoms. The molecule has 3 aromatic rings. The Morgan fingerprint density at radius 3 is 2.42 bits per heavy atom. The second-order valence-electron chi connectivity index (χ2n) is 7.79. The number of amides is 2. The highest BCUT2D eigenvalue weighted by molar-refractivity contribution is 6.08. The molecule has 172 valence electrons. The Morgan fingerprint density at radius 1 is 1.03 bits per heavy atom. The summed E-state index contributed by atoms with van der Waals surface area (Å²) in [6.45, 7) is 6.39. The van der Waals surface area contributed by atoms with Crippen molar-refractivity contribution in [2.75, 3.05) is 31.6 Å². The molecule has 0 saturated heterocycles. The SMILES string of the molecule is CCN(CC)C(=O)c1ccc(NC(=O)c2cn(C)nc2-c2ccc3c(c2)OCCCO3)cc1. The van der Waals surface area contributed by atoms with Crippen LogP contribution in [-0.4, -0.2) is 52.8 Å². The number of aryl methyl sites for hydroxylation is 1. The molecule has 8 nitrogen and oxygen atoms in total. The van der Waals surface area contributed by atoms with Crippen molar-refractivity contribution in [3.8, 4) is 22.8 Å². The summed E-state index contributed by atoms with van der Waals surface area (Å²) in [5.41, 5.74) is 2.95.